The zero-order valence-corrected chi connectivity index (χ0v) is 16.5. The number of nitrogens with zero attached hydrogens (tertiary/aromatic N) is 1. The number of aromatic amines is 1. The lowest BCUT2D eigenvalue weighted by Gasteiger charge is -2.33. The normalized spacial score (nSPS) is 22.8. The molecule has 0 radical (unpaired) electrons. The number of aromatic hydroxyl groups is 1. The summed E-state index contributed by atoms with van der Waals surface area (Å²) in [5.74, 6) is 1.72. The third-order valence-corrected chi connectivity index (χ3v) is 6.17. The molecule has 9 heteroatoms. The van der Waals surface area contributed by atoms with Crippen LogP contribution in [0.3, 0.4) is 0 Å². The quantitative estimate of drug-likeness (QED) is 0.657. The monoisotopic (exact) mass is 404 g/mol. The number of ether oxygens (including phenoxy) is 3. The highest BCUT2D eigenvalue weighted by atomic mass is 32.1. The van der Waals surface area contributed by atoms with Crippen LogP contribution in [0.15, 0.2) is 10.9 Å². The van der Waals surface area contributed by atoms with Gasteiger partial charge in [-0.1, -0.05) is 0 Å². The number of rotatable bonds is 3. The van der Waals surface area contributed by atoms with E-state index in [4.69, 9.17) is 26.4 Å². The van der Waals surface area contributed by atoms with Gasteiger partial charge in [-0.3, -0.25) is 14.3 Å². The van der Waals surface area contributed by atoms with Crippen LogP contribution in [0, 0.1) is 4.77 Å². The van der Waals surface area contributed by atoms with Gasteiger partial charge < -0.3 is 24.2 Å². The molecule has 1 unspecified atom stereocenters. The number of aromatic nitrogens is 2. The van der Waals surface area contributed by atoms with E-state index in [2.05, 4.69) is 4.98 Å². The lowest BCUT2D eigenvalue weighted by Crippen LogP contribution is -3.10. The second kappa shape index (κ2) is 6.25. The molecule has 2 atom stereocenters. The molecule has 1 aliphatic carbocycles. The summed E-state index contributed by atoms with van der Waals surface area (Å²) in [6.07, 6.45) is 2.70. The number of methoxy groups -OCH3 is 1. The first kappa shape index (κ1) is 17.6. The van der Waals surface area contributed by atoms with Gasteiger partial charge in [0, 0.05) is 12.5 Å². The Kier molecular flexibility index (Phi) is 3.92. The SMILES string of the molecule is COc1c2c(cc3c1[C@H](c1c(O)n(C4CC4)c(=S)[nH]c1=O)[NH+](C)CC3)OCO2. The van der Waals surface area contributed by atoms with Crippen molar-refractivity contribution < 1.29 is 24.2 Å². The third kappa shape index (κ3) is 2.46. The van der Waals surface area contributed by atoms with Gasteiger partial charge >= 0.3 is 0 Å². The van der Waals surface area contributed by atoms with E-state index in [0.29, 0.717) is 22.8 Å². The van der Waals surface area contributed by atoms with Gasteiger partial charge in [0.05, 0.1) is 26.3 Å². The molecule has 1 fully saturated rings. The van der Waals surface area contributed by atoms with Gasteiger partial charge in [-0.05, 0) is 36.7 Å². The average Bonchev–Trinajstić information content (AvgIpc) is 3.37. The summed E-state index contributed by atoms with van der Waals surface area (Å²) < 4.78 is 18.8. The van der Waals surface area contributed by atoms with E-state index in [1.807, 2.05) is 13.1 Å². The molecule has 3 aliphatic rings. The molecule has 3 heterocycles. The van der Waals surface area contributed by atoms with Gasteiger partial charge in [0.25, 0.3) is 5.56 Å². The van der Waals surface area contributed by atoms with Crippen LogP contribution < -0.4 is 24.7 Å². The molecule has 1 saturated carbocycles. The number of quaternary nitrogens is 1. The van der Waals surface area contributed by atoms with E-state index in [-0.39, 0.29) is 29.0 Å². The zero-order valence-electron chi connectivity index (χ0n) is 15.7. The molecular formula is C19H22N3O5S+. The fraction of sp³-hybridized carbons (Fsp3) is 0.474. The maximum Gasteiger partial charge on any atom is 0.265 e. The minimum Gasteiger partial charge on any atom is -0.494 e. The molecule has 3 N–H and O–H groups in total. The van der Waals surface area contributed by atoms with Crippen LogP contribution in [-0.2, 0) is 6.42 Å². The average molecular weight is 404 g/mol. The summed E-state index contributed by atoms with van der Waals surface area (Å²) in [6, 6.07) is 1.70. The predicted octanol–water partition coefficient (Wildman–Crippen LogP) is 0.844. The van der Waals surface area contributed by atoms with Crippen molar-refractivity contribution in [3.05, 3.63) is 37.9 Å². The minimum atomic E-state index is -0.405. The summed E-state index contributed by atoms with van der Waals surface area (Å²) in [6.45, 7) is 0.943. The number of nitrogens with one attached hydrogen (secondary N) is 2. The first-order valence-corrected chi connectivity index (χ1v) is 9.81. The Bertz CT molecular complexity index is 1090. The Morgan fingerprint density at radius 1 is 1.36 bits per heavy atom. The lowest BCUT2D eigenvalue weighted by atomic mass is 9.87. The van der Waals surface area contributed by atoms with Crippen molar-refractivity contribution in [3.63, 3.8) is 0 Å². The van der Waals surface area contributed by atoms with Crippen molar-refractivity contribution in [2.75, 3.05) is 27.5 Å². The third-order valence-electron chi connectivity index (χ3n) is 5.87. The second-order valence-corrected chi connectivity index (χ2v) is 7.98. The Morgan fingerprint density at radius 3 is 2.86 bits per heavy atom. The van der Waals surface area contributed by atoms with Gasteiger partial charge in [0.1, 0.15) is 5.56 Å². The smallest absolute Gasteiger partial charge is 0.265 e. The highest BCUT2D eigenvalue weighted by Crippen LogP contribution is 2.49. The Morgan fingerprint density at radius 2 is 2.14 bits per heavy atom. The maximum atomic E-state index is 12.9. The number of benzene rings is 1. The molecule has 1 aromatic heterocycles. The topological polar surface area (TPSA) is 90.2 Å². The van der Waals surface area contributed by atoms with Crippen molar-refractivity contribution in [1.29, 1.82) is 0 Å². The molecule has 1 aromatic carbocycles. The van der Waals surface area contributed by atoms with Crippen LogP contribution in [0.4, 0.5) is 0 Å². The Labute approximate surface area is 166 Å². The fourth-order valence-electron chi connectivity index (χ4n) is 4.40. The molecule has 0 amide bonds. The van der Waals surface area contributed by atoms with Gasteiger partial charge in [-0.25, -0.2) is 0 Å². The first-order chi connectivity index (χ1) is 13.5. The summed E-state index contributed by atoms with van der Waals surface area (Å²) >= 11 is 5.30. The van der Waals surface area contributed by atoms with Crippen LogP contribution in [0.5, 0.6) is 23.1 Å². The van der Waals surface area contributed by atoms with Crippen molar-refractivity contribution in [1.82, 2.24) is 9.55 Å². The molecule has 148 valence electrons. The van der Waals surface area contributed by atoms with Crippen molar-refractivity contribution in [2.45, 2.75) is 31.3 Å². The van der Waals surface area contributed by atoms with Gasteiger partial charge in [0.2, 0.25) is 18.4 Å². The highest BCUT2D eigenvalue weighted by molar-refractivity contribution is 7.71. The zero-order chi connectivity index (χ0) is 19.6. The van der Waals surface area contributed by atoms with E-state index in [1.54, 1.807) is 11.7 Å². The molecule has 0 spiro atoms. The summed E-state index contributed by atoms with van der Waals surface area (Å²) in [4.78, 5) is 16.8. The van der Waals surface area contributed by atoms with Crippen LogP contribution in [0.2, 0.25) is 0 Å². The minimum absolute atomic E-state index is 0.0480. The van der Waals surface area contributed by atoms with E-state index in [9.17, 15) is 9.90 Å². The molecule has 2 aliphatic heterocycles. The Hall–Kier alpha value is -2.52. The standard InChI is InChI=1S/C19H21N3O5S/c1-21-6-5-9-7-11-15(27-8-26-11)16(25-2)12(9)14(21)13-17(23)20-19(28)22(18(13)24)10-3-4-10/h7,10,14,24H,3-6,8H2,1-2H3,(H,20,23,28)/p+1/t14-/m1/s1. The van der Waals surface area contributed by atoms with Crippen LogP contribution in [-0.4, -0.2) is 42.2 Å². The number of hydrogen-bond donors (Lipinski definition) is 3. The molecule has 28 heavy (non-hydrogen) atoms. The molecular weight excluding hydrogens is 382 g/mol. The van der Waals surface area contributed by atoms with Crippen LogP contribution in [0.1, 0.15) is 41.6 Å². The summed E-state index contributed by atoms with van der Waals surface area (Å²) in [7, 11) is 3.60. The molecule has 0 bridgehead atoms. The molecule has 8 nitrogen and oxygen atoms in total. The van der Waals surface area contributed by atoms with Gasteiger partial charge in [-0.2, -0.15) is 0 Å². The van der Waals surface area contributed by atoms with Gasteiger partial charge in [-0.15, -0.1) is 0 Å². The fourth-order valence-corrected chi connectivity index (χ4v) is 4.73. The van der Waals surface area contributed by atoms with Crippen molar-refractivity contribution >= 4 is 12.2 Å². The number of H-pyrrole nitrogens is 1. The van der Waals surface area contributed by atoms with Crippen molar-refractivity contribution in [3.8, 4) is 23.1 Å². The van der Waals surface area contributed by atoms with E-state index in [1.165, 1.54) is 0 Å². The predicted molar refractivity (Wildman–Crippen MR) is 102 cm³/mol. The first-order valence-electron chi connectivity index (χ1n) is 9.40. The molecule has 5 rings (SSSR count). The molecule has 0 saturated heterocycles. The number of fused-ring (bicyclic) bond motifs is 2. The van der Waals surface area contributed by atoms with Gasteiger partial charge in [0.15, 0.2) is 22.3 Å². The molecule has 2 aromatic rings. The van der Waals surface area contributed by atoms with E-state index in [0.717, 1.165) is 41.8 Å². The van der Waals surface area contributed by atoms with Crippen LogP contribution >= 0.6 is 12.2 Å². The van der Waals surface area contributed by atoms with E-state index >= 15 is 0 Å². The van der Waals surface area contributed by atoms with E-state index < -0.39 is 6.04 Å². The van der Waals surface area contributed by atoms with Crippen LogP contribution in [0.25, 0.3) is 0 Å². The summed E-state index contributed by atoms with van der Waals surface area (Å²) in [5.41, 5.74) is 1.85. The Balaban J connectivity index is 1.79. The number of hydrogen-bond acceptors (Lipinski definition) is 6. The maximum absolute atomic E-state index is 12.9. The highest BCUT2D eigenvalue weighted by Gasteiger charge is 2.41. The largest absolute Gasteiger partial charge is 0.494 e. The number of likely N-dealkylation sites (N-methyl/N-ethyl adjacent to an activating group) is 1. The lowest BCUT2D eigenvalue weighted by molar-refractivity contribution is -0.908. The second-order valence-electron chi connectivity index (χ2n) is 7.59. The summed E-state index contributed by atoms with van der Waals surface area (Å²) in [5, 5.41) is 11.1. The van der Waals surface area contributed by atoms with Crippen molar-refractivity contribution in [2.24, 2.45) is 0 Å².